The Balaban J connectivity index is 1.84. The summed E-state index contributed by atoms with van der Waals surface area (Å²) in [5.41, 5.74) is 4.98. The lowest BCUT2D eigenvalue weighted by Crippen LogP contribution is -2.36. The molecule has 2 amide bonds. The zero-order chi connectivity index (χ0) is 21.7. The number of hydrogen-bond donors (Lipinski definition) is 2. The van der Waals surface area contributed by atoms with Crippen LogP contribution in [0.1, 0.15) is 50.5 Å². The zero-order valence-corrected chi connectivity index (χ0v) is 18.5. The molecule has 154 valence electrons. The van der Waals surface area contributed by atoms with Crippen LogP contribution in [0.5, 0.6) is 0 Å². The number of rotatable bonds is 6. The molecule has 2 aromatic carbocycles. The van der Waals surface area contributed by atoms with Crippen LogP contribution in [-0.2, 0) is 4.79 Å². The predicted molar refractivity (Wildman–Crippen MR) is 123 cm³/mol. The molecule has 30 heavy (non-hydrogen) atoms. The molecular formula is C25H26N2O2S. The Morgan fingerprint density at radius 3 is 2.40 bits per heavy atom. The molecule has 0 fully saturated rings. The van der Waals surface area contributed by atoms with E-state index in [4.69, 9.17) is 0 Å². The minimum Gasteiger partial charge on any atom is -0.344 e. The maximum atomic E-state index is 13.1. The lowest BCUT2D eigenvalue weighted by Gasteiger charge is -2.19. The summed E-state index contributed by atoms with van der Waals surface area (Å²) in [6, 6.07) is 17.1. The van der Waals surface area contributed by atoms with Crippen LogP contribution in [0.3, 0.4) is 0 Å². The van der Waals surface area contributed by atoms with Crippen molar-refractivity contribution in [2.75, 3.05) is 0 Å². The van der Waals surface area contributed by atoms with E-state index in [-0.39, 0.29) is 23.6 Å². The van der Waals surface area contributed by atoms with E-state index < -0.39 is 0 Å². The zero-order valence-electron chi connectivity index (χ0n) is 17.7. The van der Waals surface area contributed by atoms with E-state index in [2.05, 4.69) is 16.7 Å². The van der Waals surface area contributed by atoms with Gasteiger partial charge in [-0.05, 0) is 68.0 Å². The standard InChI is InChI=1S/C25H26N2O2S/c1-16-11-12-21(18(3)14-16)19(4)26-25(29)23(15-20-9-7-13-30-20)27-24(28)22-10-6-5-8-17(22)2/h5-15,19H,1-4H3,(H,26,29)(H,27,28)/b23-15-/t19-/m1/s1. The van der Waals surface area contributed by atoms with Crippen molar-refractivity contribution in [3.8, 4) is 0 Å². The Hall–Kier alpha value is -3.18. The van der Waals surface area contributed by atoms with Gasteiger partial charge in [0, 0.05) is 10.4 Å². The largest absolute Gasteiger partial charge is 0.344 e. The summed E-state index contributed by atoms with van der Waals surface area (Å²) in [4.78, 5) is 26.8. The van der Waals surface area contributed by atoms with Crippen LogP contribution < -0.4 is 10.6 Å². The monoisotopic (exact) mass is 418 g/mol. The summed E-state index contributed by atoms with van der Waals surface area (Å²) in [5.74, 6) is -0.622. The summed E-state index contributed by atoms with van der Waals surface area (Å²) in [5, 5.41) is 7.77. The second-order valence-electron chi connectivity index (χ2n) is 7.40. The molecule has 0 aliphatic carbocycles. The van der Waals surface area contributed by atoms with Crippen LogP contribution in [0.2, 0.25) is 0 Å². The Labute approximate surface area is 181 Å². The number of carbonyl (C=O) groups excluding carboxylic acids is 2. The molecule has 3 rings (SSSR count). The van der Waals surface area contributed by atoms with E-state index in [1.807, 2.05) is 75.5 Å². The summed E-state index contributed by atoms with van der Waals surface area (Å²) < 4.78 is 0. The molecule has 0 radical (unpaired) electrons. The Bertz CT molecular complexity index is 1080. The Morgan fingerprint density at radius 2 is 1.73 bits per heavy atom. The number of nitrogens with one attached hydrogen (secondary N) is 2. The normalized spacial score (nSPS) is 12.3. The second-order valence-corrected chi connectivity index (χ2v) is 8.38. The van der Waals surface area contributed by atoms with E-state index in [1.54, 1.807) is 12.1 Å². The highest BCUT2D eigenvalue weighted by molar-refractivity contribution is 7.10. The fourth-order valence-corrected chi connectivity index (χ4v) is 4.01. The summed E-state index contributed by atoms with van der Waals surface area (Å²) in [6.07, 6.45) is 1.71. The SMILES string of the molecule is Cc1ccc([C@@H](C)NC(=O)/C(=C/c2cccs2)NC(=O)c2ccccc2C)c(C)c1. The summed E-state index contributed by atoms with van der Waals surface area (Å²) in [6.45, 7) is 7.90. The Kier molecular flexibility index (Phi) is 6.85. The van der Waals surface area contributed by atoms with Gasteiger partial charge >= 0.3 is 0 Å². The number of hydrogen-bond acceptors (Lipinski definition) is 3. The number of carbonyl (C=O) groups is 2. The number of aryl methyl sites for hydroxylation is 3. The minimum absolute atomic E-state index is 0.194. The molecule has 0 saturated carbocycles. The average Bonchev–Trinajstić information content (AvgIpc) is 3.20. The number of benzene rings is 2. The molecule has 0 saturated heterocycles. The molecule has 0 spiro atoms. The minimum atomic E-state index is -0.321. The first-order valence-corrected chi connectivity index (χ1v) is 10.7. The van der Waals surface area contributed by atoms with Crippen LogP contribution in [0.25, 0.3) is 6.08 Å². The third-order valence-electron chi connectivity index (χ3n) is 4.95. The van der Waals surface area contributed by atoms with E-state index in [1.165, 1.54) is 16.9 Å². The van der Waals surface area contributed by atoms with Crippen LogP contribution in [0, 0.1) is 20.8 Å². The van der Waals surface area contributed by atoms with Crippen LogP contribution >= 0.6 is 11.3 Å². The quantitative estimate of drug-likeness (QED) is 0.532. The first-order valence-electron chi connectivity index (χ1n) is 9.85. The van der Waals surface area contributed by atoms with Crippen molar-refractivity contribution in [3.05, 3.63) is 98.4 Å². The molecule has 4 nitrogen and oxygen atoms in total. The van der Waals surface area contributed by atoms with Crippen molar-refractivity contribution >= 4 is 29.2 Å². The van der Waals surface area contributed by atoms with Crippen molar-refractivity contribution in [2.24, 2.45) is 0 Å². The van der Waals surface area contributed by atoms with Gasteiger partial charge in [0.25, 0.3) is 11.8 Å². The molecule has 0 unspecified atom stereocenters. The van der Waals surface area contributed by atoms with Gasteiger partial charge in [-0.25, -0.2) is 0 Å². The van der Waals surface area contributed by atoms with E-state index in [9.17, 15) is 9.59 Å². The molecule has 2 N–H and O–H groups in total. The number of amides is 2. The fourth-order valence-electron chi connectivity index (χ4n) is 3.35. The van der Waals surface area contributed by atoms with Gasteiger partial charge in [-0.3, -0.25) is 9.59 Å². The van der Waals surface area contributed by atoms with Crippen molar-refractivity contribution in [1.29, 1.82) is 0 Å². The van der Waals surface area contributed by atoms with Crippen molar-refractivity contribution in [1.82, 2.24) is 10.6 Å². The van der Waals surface area contributed by atoms with E-state index in [0.717, 1.165) is 21.6 Å². The van der Waals surface area contributed by atoms with Crippen molar-refractivity contribution in [3.63, 3.8) is 0 Å². The van der Waals surface area contributed by atoms with Gasteiger partial charge in [0.1, 0.15) is 5.70 Å². The van der Waals surface area contributed by atoms with Crippen LogP contribution in [0.4, 0.5) is 0 Å². The lowest BCUT2D eigenvalue weighted by molar-refractivity contribution is -0.118. The van der Waals surface area contributed by atoms with Gasteiger partial charge in [-0.15, -0.1) is 11.3 Å². The third-order valence-corrected chi connectivity index (χ3v) is 5.77. The predicted octanol–water partition coefficient (Wildman–Crippen LogP) is 5.32. The fraction of sp³-hybridized carbons (Fsp3) is 0.200. The van der Waals surface area contributed by atoms with E-state index in [0.29, 0.717) is 5.56 Å². The molecule has 0 bridgehead atoms. The van der Waals surface area contributed by atoms with Gasteiger partial charge in [0.05, 0.1) is 6.04 Å². The molecule has 5 heteroatoms. The second kappa shape index (κ2) is 9.55. The van der Waals surface area contributed by atoms with Gasteiger partial charge in [0.2, 0.25) is 0 Å². The molecule has 1 atom stereocenters. The first kappa shape index (κ1) is 21.5. The maximum absolute atomic E-state index is 13.1. The molecule has 1 heterocycles. The third kappa shape index (κ3) is 5.24. The maximum Gasteiger partial charge on any atom is 0.268 e. The lowest BCUT2D eigenvalue weighted by atomic mass is 10.00. The van der Waals surface area contributed by atoms with Gasteiger partial charge in [-0.2, -0.15) is 0 Å². The summed E-state index contributed by atoms with van der Waals surface area (Å²) in [7, 11) is 0. The van der Waals surface area contributed by atoms with Crippen LogP contribution in [-0.4, -0.2) is 11.8 Å². The van der Waals surface area contributed by atoms with Crippen molar-refractivity contribution in [2.45, 2.75) is 33.7 Å². The highest BCUT2D eigenvalue weighted by atomic mass is 32.1. The topological polar surface area (TPSA) is 58.2 Å². The molecule has 1 aromatic heterocycles. The van der Waals surface area contributed by atoms with E-state index >= 15 is 0 Å². The number of thiophene rings is 1. The molecule has 0 aliphatic rings. The highest BCUT2D eigenvalue weighted by Crippen LogP contribution is 2.20. The highest BCUT2D eigenvalue weighted by Gasteiger charge is 2.19. The average molecular weight is 419 g/mol. The summed E-state index contributed by atoms with van der Waals surface area (Å²) >= 11 is 1.51. The first-order chi connectivity index (χ1) is 14.3. The van der Waals surface area contributed by atoms with Gasteiger partial charge in [-0.1, -0.05) is 48.0 Å². The smallest absolute Gasteiger partial charge is 0.268 e. The van der Waals surface area contributed by atoms with Crippen molar-refractivity contribution < 1.29 is 9.59 Å². The van der Waals surface area contributed by atoms with Crippen LogP contribution in [0.15, 0.2) is 65.7 Å². The van der Waals surface area contributed by atoms with Gasteiger partial charge in [0.15, 0.2) is 0 Å². The molecule has 3 aromatic rings. The Morgan fingerprint density at radius 1 is 0.967 bits per heavy atom. The molecular weight excluding hydrogens is 392 g/mol. The van der Waals surface area contributed by atoms with Gasteiger partial charge < -0.3 is 10.6 Å². The molecule has 0 aliphatic heterocycles.